The molecule has 3 aromatic rings. The summed E-state index contributed by atoms with van der Waals surface area (Å²) in [7, 11) is -3.68. The summed E-state index contributed by atoms with van der Waals surface area (Å²) < 4.78 is 27.4. The molecule has 3 rings (SSSR count). The van der Waals surface area contributed by atoms with Gasteiger partial charge in [-0.1, -0.05) is 29.8 Å². The van der Waals surface area contributed by atoms with Crippen LogP contribution in [0.1, 0.15) is 15.2 Å². The molecule has 0 unspecified atom stereocenters. The van der Waals surface area contributed by atoms with Crippen LogP contribution in [0.5, 0.6) is 0 Å². The minimum Gasteiger partial charge on any atom is -0.321 e. The lowest BCUT2D eigenvalue weighted by Gasteiger charge is -2.10. The van der Waals surface area contributed by atoms with Crippen LogP contribution in [0.2, 0.25) is 0 Å². The fraction of sp³-hybridized carbons (Fsp3) is 0.0556. The van der Waals surface area contributed by atoms with Crippen LogP contribution in [-0.4, -0.2) is 14.3 Å². The van der Waals surface area contributed by atoms with E-state index >= 15 is 0 Å². The highest BCUT2D eigenvalue weighted by Crippen LogP contribution is 2.21. The molecule has 0 atom stereocenters. The zero-order valence-corrected chi connectivity index (χ0v) is 15.0. The van der Waals surface area contributed by atoms with E-state index in [0.29, 0.717) is 16.3 Å². The summed E-state index contributed by atoms with van der Waals surface area (Å²) in [4.78, 5) is 12.9. The Hall–Kier alpha value is -2.64. The van der Waals surface area contributed by atoms with Gasteiger partial charge >= 0.3 is 0 Å². The zero-order valence-electron chi connectivity index (χ0n) is 13.4. The maximum absolute atomic E-state index is 12.4. The summed E-state index contributed by atoms with van der Waals surface area (Å²) in [5, 5.41) is 4.57. The number of aryl methyl sites for hydroxylation is 1. The molecule has 0 bridgehead atoms. The van der Waals surface area contributed by atoms with E-state index in [-0.39, 0.29) is 10.8 Å². The van der Waals surface area contributed by atoms with Crippen LogP contribution >= 0.6 is 11.3 Å². The molecule has 7 heteroatoms. The van der Waals surface area contributed by atoms with Gasteiger partial charge < -0.3 is 5.32 Å². The number of carbonyl (C=O) groups excluding carboxylic acids is 1. The van der Waals surface area contributed by atoms with Crippen molar-refractivity contribution in [3.05, 3.63) is 76.5 Å². The Morgan fingerprint density at radius 2 is 1.68 bits per heavy atom. The standard InChI is InChI=1S/C18H16N2O3S2/c1-13-7-9-16(10-8-13)25(22,23)20-15-5-2-4-14(12-15)19-18(21)17-6-3-11-24-17/h2-12,20H,1H3,(H,19,21). The summed E-state index contributed by atoms with van der Waals surface area (Å²) in [5.74, 6) is -0.228. The van der Waals surface area contributed by atoms with Crippen molar-refractivity contribution < 1.29 is 13.2 Å². The molecule has 25 heavy (non-hydrogen) atoms. The molecule has 128 valence electrons. The van der Waals surface area contributed by atoms with E-state index in [0.717, 1.165) is 5.56 Å². The van der Waals surface area contributed by atoms with Gasteiger partial charge in [-0.05, 0) is 48.7 Å². The molecular weight excluding hydrogens is 356 g/mol. The van der Waals surface area contributed by atoms with Gasteiger partial charge in [-0.3, -0.25) is 9.52 Å². The van der Waals surface area contributed by atoms with Gasteiger partial charge in [0.25, 0.3) is 15.9 Å². The van der Waals surface area contributed by atoms with Crippen molar-refractivity contribution in [2.45, 2.75) is 11.8 Å². The number of benzene rings is 2. The first-order valence-corrected chi connectivity index (χ1v) is 9.85. The predicted molar refractivity (Wildman–Crippen MR) is 101 cm³/mol. The Bertz CT molecular complexity index is 979. The van der Waals surface area contributed by atoms with Gasteiger partial charge in [-0.15, -0.1) is 11.3 Å². The molecule has 0 radical (unpaired) electrons. The van der Waals surface area contributed by atoms with Crippen LogP contribution < -0.4 is 10.0 Å². The number of nitrogens with one attached hydrogen (secondary N) is 2. The number of thiophene rings is 1. The molecule has 1 amide bonds. The minimum absolute atomic E-state index is 0.186. The Morgan fingerprint density at radius 1 is 0.960 bits per heavy atom. The molecule has 0 spiro atoms. The van der Waals surface area contributed by atoms with Gasteiger partial charge in [0.05, 0.1) is 15.5 Å². The van der Waals surface area contributed by atoms with Gasteiger partial charge in [0.1, 0.15) is 0 Å². The largest absolute Gasteiger partial charge is 0.321 e. The van der Waals surface area contributed by atoms with Crippen molar-refractivity contribution in [3.8, 4) is 0 Å². The molecule has 0 saturated carbocycles. The lowest BCUT2D eigenvalue weighted by molar-refractivity contribution is 0.103. The van der Waals surface area contributed by atoms with Crippen molar-refractivity contribution in [3.63, 3.8) is 0 Å². The monoisotopic (exact) mass is 372 g/mol. The second-order valence-corrected chi connectivity index (χ2v) is 8.06. The molecule has 5 nitrogen and oxygen atoms in total. The van der Waals surface area contributed by atoms with Gasteiger partial charge in [-0.2, -0.15) is 0 Å². The van der Waals surface area contributed by atoms with Crippen molar-refractivity contribution in [1.29, 1.82) is 0 Å². The molecular formula is C18H16N2O3S2. The Balaban J connectivity index is 1.77. The van der Waals surface area contributed by atoms with E-state index < -0.39 is 10.0 Å². The van der Waals surface area contributed by atoms with E-state index in [9.17, 15) is 13.2 Å². The van der Waals surface area contributed by atoms with Crippen molar-refractivity contribution in [2.24, 2.45) is 0 Å². The lowest BCUT2D eigenvalue weighted by atomic mass is 10.2. The van der Waals surface area contributed by atoms with Crippen LogP contribution in [0.3, 0.4) is 0 Å². The van der Waals surface area contributed by atoms with Gasteiger partial charge in [0, 0.05) is 5.69 Å². The lowest BCUT2D eigenvalue weighted by Crippen LogP contribution is -2.14. The van der Waals surface area contributed by atoms with E-state index in [1.54, 1.807) is 60.7 Å². The van der Waals surface area contributed by atoms with Crippen molar-refractivity contribution in [1.82, 2.24) is 0 Å². The molecule has 0 aliphatic carbocycles. The highest BCUT2D eigenvalue weighted by atomic mass is 32.2. The zero-order chi connectivity index (χ0) is 17.9. The Kier molecular flexibility index (Phi) is 4.87. The van der Waals surface area contributed by atoms with Gasteiger partial charge in [0.2, 0.25) is 0 Å². The average molecular weight is 372 g/mol. The smallest absolute Gasteiger partial charge is 0.265 e. The fourth-order valence-electron chi connectivity index (χ4n) is 2.19. The third kappa shape index (κ3) is 4.26. The summed E-state index contributed by atoms with van der Waals surface area (Å²) in [6.07, 6.45) is 0. The number of hydrogen-bond acceptors (Lipinski definition) is 4. The Labute approximate surface area is 150 Å². The summed E-state index contributed by atoms with van der Waals surface area (Å²) in [5.41, 5.74) is 1.88. The molecule has 0 saturated heterocycles. The summed E-state index contributed by atoms with van der Waals surface area (Å²) in [6.45, 7) is 1.89. The highest BCUT2D eigenvalue weighted by Gasteiger charge is 2.14. The molecule has 2 aromatic carbocycles. The number of carbonyl (C=O) groups is 1. The van der Waals surface area contributed by atoms with Gasteiger partial charge in [0.15, 0.2) is 0 Å². The number of rotatable bonds is 5. The van der Waals surface area contributed by atoms with E-state index in [4.69, 9.17) is 0 Å². The minimum atomic E-state index is -3.68. The molecule has 0 aliphatic heterocycles. The molecule has 1 aromatic heterocycles. The van der Waals surface area contributed by atoms with Crippen molar-refractivity contribution in [2.75, 3.05) is 10.0 Å². The number of anilines is 2. The van der Waals surface area contributed by atoms with Crippen LogP contribution in [0.15, 0.2) is 70.9 Å². The van der Waals surface area contributed by atoms with E-state index in [2.05, 4.69) is 10.0 Å². The third-order valence-electron chi connectivity index (χ3n) is 3.45. The van der Waals surface area contributed by atoms with Crippen LogP contribution in [0.25, 0.3) is 0 Å². The second-order valence-electron chi connectivity index (χ2n) is 5.43. The second kappa shape index (κ2) is 7.08. The Morgan fingerprint density at radius 3 is 2.36 bits per heavy atom. The van der Waals surface area contributed by atoms with Crippen LogP contribution in [0, 0.1) is 6.92 Å². The highest BCUT2D eigenvalue weighted by molar-refractivity contribution is 7.92. The molecule has 0 aliphatic rings. The first-order chi connectivity index (χ1) is 11.9. The normalized spacial score (nSPS) is 11.1. The number of amides is 1. The quantitative estimate of drug-likeness (QED) is 0.708. The molecule has 2 N–H and O–H groups in total. The molecule has 0 fully saturated rings. The maximum Gasteiger partial charge on any atom is 0.265 e. The topological polar surface area (TPSA) is 75.3 Å². The first kappa shape index (κ1) is 17.2. The number of hydrogen-bond donors (Lipinski definition) is 2. The van der Waals surface area contributed by atoms with E-state index in [1.807, 2.05) is 12.3 Å². The predicted octanol–water partition coefficient (Wildman–Crippen LogP) is 4.11. The van der Waals surface area contributed by atoms with Gasteiger partial charge in [-0.25, -0.2) is 8.42 Å². The SMILES string of the molecule is Cc1ccc(S(=O)(=O)Nc2cccc(NC(=O)c3cccs3)c2)cc1. The van der Waals surface area contributed by atoms with Crippen LogP contribution in [-0.2, 0) is 10.0 Å². The molecule has 1 heterocycles. The van der Waals surface area contributed by atoms with Crippen molar-refractivity contribution >= 4 is 38.6 Å². The average Bonchev–Trinajstić information content (AvgIpc) is 3.10. The van der Waals surface area contributed by atoms with E-state index in [1.165, 1.54) is 11.3 Å². The summed E-state index contributed by atoms with van der Waals surface area (Å²) >= 11 is 1.34. The number of sulfonamides is 1. The first-order valence-electron chi connectivity index (χ1n) is 7.48. The summed E-state index contributed by atoms with van der Waals surface area (Å²) in [6, 6.07) is 16.7. The maximum atomic E-state index is 12.4. The third-order valence-corrected chi connectivity index (χ3v) is 5.71. The van der Waals surface area contributed by atoms with Crippen LogP contribution in [0.4, 0.5) is 11.4 Å². The fourth-order valence-corrected chi connectivity index (χ4v) is 3.86.